The Labute approximate surface area is 81.4 Å². The third-order valence-electron chi connectivity index (χ3n) is 1.88. The molecule has 13 heavy (non-hydrogen) atoms. The van der Waals surface area contributed by atoms with E-state index in [1.54, 1.807) is 6.20 Å². The van der Waals surface area contributed by atoms with Crippen molar-refractivity contribution in [3.8, 4) is 0 Å². The lowest BCUT2D eigenvalue weighted by Crippen LogP contribution is -2.16. The number of hydrogen-bond donors (Lipinski definition) is 1. The number of carboxylic acids is 1. The SMILES string of the molecule is Cc1ncc(C(C(=O)O)C(C)C)s1. The fraction of sp³-hybridized carbons (Fsp3) is 0.556. The summed E-state index contributed by atoms with van der Waals surface area (Å²) in [4.78, 5) is 15.8. The van der Waals surface area contributed by atoms with E-state index in [0.717, 1.165) is 9.88 Å². The van der Waals surface area contributed by atoms with Gasteiger partial charge >= 0.3 is 5.97 Å². The van der Waals surface area contributed by atoms with Crippen LogP contribution in [0.1, 0.15) is 29.7 Å². The fourth-order valence-electron chi connectivity index (χ4n) is 1.26. The minimum absolute atomic E-state index is 0.109. The summed E-state index contributed by atoms with van der Waals surface area (Å²) in [5.41, 5.74) is 0. The molecular formula is C9H13NO2S. The molecule has 0 radical (unpaired) electrons. The maximum absolute atomic E-state index is 10.9. The molecule has 0 bridgehead atoms. The second-order valence-electron chi connectivity index (χ2n) is 3.34. The van der Waals surface area contributed by atoms with Crippen molar-refractivity contribution in [3.63, 3.8) is 0 Å². The van der Waals surface area contributed by atoms with Crippen molar-refractivity contribution < 1.29 is 9.90 Å². The summed E-state index contributed by atoms with van der Waals surface area (Å²) in [5.74, 6) is -1.07. The van der Waals surface area contributed by atoms with Crippen LogP contribution in [-0.2, 0) is 4.79 Å². The van der Waals surface area contributed by atoms with Gasteiger partial charge in [0.15, 0.2) is 0 Å². The first kappa shape index (κ1) is 10.2. The van der Waals surface area contributed by atoms with Gasteiger partial charge in [0.25, 0.3) is 0 Å². The van der Waals surface area contributed by atoms with Crippen molar-refractivity contribution in [1.82, 2.24) is 4.98 Å². The second kappa shape index (κ2) is 3.87. The molecule has 0 aliphatic rings. The van der Waals surface area contributed by atoms with E-state index in [2.05, 4.69) is 4.98 Å². The first-order valence-electron chi connectivity index (χ1n) is 4.17. The molecule has 1 aromatic rings. The number of aliphatic carboxylic acids is 1. The van der Waals surface area contributed by atoms with Crippen molar-refractivity contribution in [1.29, 1.82) is 0 Å². The van der Waals surface area contributed by atoms with Gasteiger partial charge in [-0.1, -0.05) is 13.8 Å². The maximum Gasteiger partial charge on any atom is 0.312 e. The van der Waals surface area contributed by atoms with E-state index >= 15 is 0 Å². The number of hydrogen-bond acceptors (Lipinski definition) is 3. The largest absolute Gasteiger partial charge is 0.481 e. The van der Waals surface area contributed by atoms with Crippen LogP contribution in [0.5, 0.6) is 0 Å². The maximum atomic E-state index is 10.9. The van der Waals surface area contributed by atoms with Gasteiger partial charge in [-0.3, -0.25) is 4.79 Å². The highest BCUT2D eigenvalue weighted by Crippen LogP contribution is 2.28. The van der Waals surface area contributed by atoms with Crippen molar-refractivity contribution >= 4 is 17.3 Å². The van der Waals surface area contributed by atoms with Gasteiger partial charge in [0, 0.05) is 11.1 Å². The van der Waals surface area contributed by atoms with E-state index in [-0.39, 0.29) is 5.92 Å². The topological polar surface area (TPSA) is 50.2 Å². The minimum atomic E-state index is -0.765. The molecule has 0 saturated carbocycles. The molecule has 1 unspecified atom stereocenters. The van der Waals surface area contributed by atoms with E-state index in [1.165, 1.54) is 11.3 Å². The molecule has 0 aromatic carbocycles. The van der Waals surface area contributed by atoms with Crippen molar-refractivity contribution in [3.05, 3.63) is 16.1 Å². The second-order valence-corrected chi connectivity index (χ2v) is 4.61. The predicted octanol–water partition coefficient (Wildman–Crippen LogP) is 2.28. The van der Waals surface area contributed by atoms with Crippen LogP contribution in [0.25, 0.3) is 0 Å². The van der Waals surface area contributed by atoms with Gasteiger partial charge in [0.2, 0.25) is 0 Å². The number of carboxylic acid groups (broad SMARTS) is 1. The first-order chi connectivity index (χ1) is 6.02. The lowest BCUT2D eigenvalue weighted by Gasteiger charge is -2.13. The molecule has 72 valence electrons. The number of nitrogens with zero attached hydrogens (tertiary/aromatic N) is 1. The lowest BCUT2D eigenvalue weighted by molar-refractivity contribution is -0.139. The Balaban J connectivity index is 2.95. The summed E-state index contributed by atoms with van der Waals surface area (Å²) >= 11 is 1.46. The highest BCUT2D eigenvalue weighted by atomic mass is 32.1. The Morgan fingerprint density at radius 1 is 1.62 bits per heavy atom. The molecular weight excluding hydrogens is 186 g/mol. The Bertz CT molecular complexity index is 306. The Morgan fingerprint density at radius 2 is 2.23 bits per heavy atom. The average molecular weight is 199 g/mol. The molecule has 1 heterocycles. The first-order valence-corrected chi connectivity index (χ1v) is 4.99. The van der Waals surface area contributed by atoms with E-state index in [4.69, 9.17) is 5.11 Å². The van der Waals surface area contributed by atoms with Gasteiger partial charge in [0.1, 0.15) is 0 Å². The number of carbonyl (C=O) groups is 1. The van der Waals surface area contributed by atoms with Gasteiger partial charge in [-0.15, -0.1) is 11.3 Å². The van der Waals surface area contributed by atoms with E-state index in [9.17, 15) is 4.79 Å². The average Bonchev–Trinajstić information content (AvgIpc) is 2.34. The van der Waals surface area contributed by atoms with Gasteiger partial charge in [-0.05, 0) is 12.8 Å². The zero-order chi connectivity index (χ0) is 10.0. The zero-order valence-corrected chi connectivity index (χ0v) is 8.76. The molecule has 0 spiro atoms. The normalized spacial score (nSPS) is 13.2. The molecule has 1 aromatic heterocycles. The summed E-state index contributed by atoms with van der Waals surface area (Å²) in [7, 11) is 0. The van der Waals surface area contributed by atoms with Crippen LogP contribution in [0.4, 0.5) is 0 Å². The zero-order valence-electron chi connectivity index (χ0n) is 7.94. The van der Waals surface area contributed by atoms with Crippen LogP contribution in [0.15, 0.2) is 6.20 Å². The Hall–Kier alpha value is -0.900. The van der Waals surface area contributed by atoms with Gasteiger partial charge in [-0.25, -0.2) is 4.98 Å². The van der Waals surface area contributed by atoms with Crippen molar-refractivity contribution in [2.75, 3.05) is 0 Å². The van der Waals surface area contributed by atoms with Gasteiger partial charge in [-0.2, -0.15) is 0 Å². The standard InChI is InChI=1S/C9H13NO2S/c1-5(2)8(9(11)12)7-4-10-6(3)13-7/h4-5,8H,1-3H3,(H,11,12). The highest BCUT2D eigenvalue weighted by Gasteiger charge is 2.25. The lowest BCUT2D eigenvalue weighted by atomic mass is 9.95. The van der Waals surface area contributed by atoms with E-state index in [1.807, 2.05) is 20.8 Å². The summed E-state index contributed by atoms with van der Waals surface area (Å²) in [5, 5.41) is 9.90. The van der Waals surface area contributed by atoms with Crippen LogP contribution in [-0.4, -0.2) is 16.1 Å². The molecule has 0 amide bonds. The van der Waals surface area contributed by atoms with Crippen LogP contribution in [0, 0.1) is 12.8 Å². The summed E-state index contributed by atoms with van der Waals surface area (Å²) in [6.07, 6.45) is 1.67. The molecule has 1 rings (SSSR count). The molecule has 0 saturated heterocycles. The smallest absolute Gasteiger partial charge is 0.312 e. The molecule has 1 atom stereocenters. The fourth-order valence-corrected chi connectivity index (χ4v) is 2.31. The van der Waals surface area contributed by atoms with Gasteiger partial charge < -0.3 is 5.11 Å². The molecule has 1 N–H and O–H groups in total. The summed E-state index contributed by atoms with van der Waals surface area (Å²) < 4.78 is 0. The molecule has 0 aliphatic carbocycles. The van der Waals surface area contributed by atoms with E-state index < -0.39 is 11.9 Å². The van der Waals surface area contributed by atoms with E-state index in [0.29, 0.717) is 0 Å². The summed E-state index contributed by atoms with van der Waals surface area (Å²) in [6.45, 7) is 5.70. The Kier molecular flexibility index (Phi) is 3.03. The van der Waals surface area contributed by atoms with Gasteiger partial charge in [0.05, 0.1) is 10.9 Å². The Morgan fingerprint density at radius 3 is 2.54 bits per heavy atom. The highest BCUT2D eigenvalue weighted by molar-refractivity contribution is 7.11. The monoisotopic (exact) mass is 199 g/mol. The van der Waals surface area contributed by atoms with Crippen molar-refractivity contribution in [2.24, 2.45) is 5.92 Å². The predicted molar refractivity (Wildman–Crippen MR) is 52.1 cm³/mol. The van der Waals surface area contributed by atoms with Crippen LogP contribution in [0.2, 0.25) is 0 Å². The van der Waals surface area contributed by atoms with Crippen LogP contribution >= 0.6 is 11.3 Å². The summed E-state index contributed by atoms with van der Waals surface area (Å²) in [6, 6.07) is 0. The van der Waals surface area contributed by atoms with Crippen LogP contribution in [0.3, 0.4) is 0 Å². The molecule has 0 fully saturated rings. The quantitative estimate of drug-likeness (QED) is 0.812. The third kappa shape index (κ3) is 2.28. The number of thiazole rings is 1. The molecule has 0 aliphatic heterocycles. The number of aromatic nitrogens is 1. The minimum Gasteiger partial charge on any atom is -0.481 e. The van der Waals surface area contributed by atoms with Crippen LogP contribution < -0.4 is 0 Å². The molecule has 4 heteroatoms. The van der Waals surface area contributed by atoms with Crippen molar-refractivity contribution in [2.45, 2.75) is 26.7 Å². The number of rotatable bonds is 3. The molecule has 3 nitrogen and oxygen atoms in total. The number of aryl methyl sites for hydroxylation is 1. The third-order valence-corrected chi connectivity index (χ3v) is 2.87.